The Hall–Kier alpha value is -2.90. The number of aryl methyl sites for hydroxylation is 1. The number of piperidine rings is 1. The fourth-order valence-electron chi connectivity index (χ4n) is 8.06. The highest BCUT2D eigenvalue weighted by Crippen LogP contribution is 2.63. The van der Waals surface area contributed by atoms with Crippen LogP contribution in [0.2, 0.25) is 0 Å². The van der Waals surface area contributed by atoms with E-state index in [9.17, 15) is 19.8 Å². The van der Waals surface area contributed by atoms with Crippen LogP contribution >= 0.6 is 0 Å². The van der Waals surface area contributed by atoms with Crippen molar-refractivity contribution < 1.29 is 24.5 Å². The molecule has 3 heterocycles. The molecule has 2 aromatic carbocycles. The first-order valence-corrected chi connectivity index (χ1v) is 13.7. The van der Waals surface area contributed by atoms with E-state index in [4.69, 9.17) is 4.74 Å². The summed E-state index contributed by atoms with van der Waals surface area (Å²) in [6, 6.07) is 10.2. The van der Waals surface area contributed by atoms with Crippen LogP contribution in [0.15, 0.2) is 36.4 Å². The Morgan fingerprint density at radius 3 is 2.65 bits per heavy atom. The third-order valence-corrected chi connectivity index (χ3v) is 10.1. The number of phenols is 1. The Bertz CT molecular complexity index is 1320. The van der Waals surface area contributed by atoms with Crippen molar-refractivity contribution in [2.75, 3.05) is 13.1 Å². The van der Waals surface area contributed by atoms with E-state index in [0.717, 1.165) is 29.8 Å². The van der Waals surface area contributed by atoms with Gasteiger partial charge in [0.2, 0.25) is 5.91 Å². The molecule has 7 rings (SSSR count). The zero-order valence-electron chi connectivity index (χ0n) is 21.4. The topological polar surface area (TPSA) is 90.3 Å². The molecule has 37 heavy (non-hydrogen) atoms. The minimum absolute atomic E-state index is 0.0418. The van der Waals surface area contributed by atoms with Crippen molar-refractivity contribution in [1.29, 1.82) is 0 Å². The highest BCUT2D eigenvalue weighted by atomic mass is 16.5. The third-order valence-electron chi connectivity index (χ3n) is 10.1. The number of aromatic hydroxyl groups is 1. The summed E-state index contributed by atoms with van der Waals surface area (Å²) in [4.78, 5) is 31.0. The van der Waals surface area contributed by atoms with E-state index in [0.29, 0.717) is 36.5 Å². The molecule has 0 unspecified atom stereocenters. The average molecular weight is 503 g/mol. The fourth-order valence-corrected chi connectivity index (χ4v) is 8.06. The predicted octanol–water partition coefficient (Wildman–Crippen LogP) is 3.32. The maximum atomic E-state index is 13.7. The first-order chi connectivity index (χ1) is 17.8. The number of phenolic OH excluding ortho intramolecular Hbond substituents is 1. The van der Waals surface area contributed by atoms with Gasteiger partial charge in [0, 0.05) is 23.7 Å². The molecule has 194 valence electrons. The van der Waals surface area contributed by atoms with Crippen LogP contribution in [0.1, 0.15) is 66.1 Å². The van der Waals surface area contributed by atoms with Crippen molar-refractivity contribution in [2.24, 2.45) is 5.92 Å². The lowest BCUT2D eigenvalue weighted by molar-refractivity contribution is -0.191. The van der Waals surface area contributed by atoms with E-state index < -0.39 is 23.2 Å². The molecule has 0 aromatic heterocycles. The summed E-state index contributed by atoms with van der Waals surface area (Å²) in [6.45, 7) is 5.90. The highest BCUT2D eigenvalue weighted by molar-refractivity contribution is 6.10. The quantitative estimate of drug-likeness (QED) is 0.626. The molecule has 7 heteroatoms. The molecule has 5 aliphatic rings. The van der Waals surface area contributed by atoms with Crippen LogP contribution in [0, 0.1) is 12.8 Å². The van der Waals surface area contributed by atoms with Gasteiger partial charge in [-0.15, -0.1) is 0 Å². The molecule has 2 saturated carbocycles. The lowest BCUT2D eigenvalue weighted by Crippen LogP contribution is -2.76. The molecule has 2 aromatic rings. The predicted molar refractivity (Wildman–Crippen MR) is 137 cm³/mol. The van der Waals surface area contributed by atoms with Gasteiger partial charge in [-0.05, 0) is 81.7 Å². The molecule has 2 aliphatic carbocycles. The van der Waals surface area contributed by atoms with Crippen molar-refractivity contribution >= 4 is 11.8 Å². The monoisotopic (exact) mass is 502 g/mol. The molecule has 0 radical (unpaired) electrons. The zero-order valence-corrected chi connectivity index (χ0v) is 21.4. The SMILES string of the molecule is Cc1ccc(O)c2c1[C@]13CCN(CC4CC4)[C@H](C)[C@]1(O)CC[C@@H](N1C(=O)Cc4ccccc4C1=O)[C@@H]3O2. The Kier molecular flexibility index (Phi) is 4.90. The molecular weight excluding hydrogens is 468 g/mol. The summed E-state index contributed by atoms with van der Waals surface area (Å²) >= 11 is 0. The summed E-state index contributed by atoms with van der Waals surface area (Å²) in [5.74, 6) is 0.621. The van der Waals surface area contributed by atoms with Gasteiger partial charge in [0.25, 0.3) is 5.91 Å². The Balaban J connectivity index is 1.36. The molecule has 3 aliphatic heterocycles. The number of nitrogens with zero attached hydrogens (tertiary/aromatic N) is 2. The van der Waals surface area contributed by atoms with E-state index in [1.807, 2.05) is 31.2 Å². The molecule has 0 bridgehead atoms. The third kappa shape index (κ3) is 3.01. The number of carbonyl (C=O) groups excluding carboxylic acids is 2. The number of aliphatic hydroxyl groups is 1. The van der Waals surface area contributed by atoms with E-state index >= 15 is 0 Å². The second-order valence-corrected chi connectivity index (χ2v) is 11.9. The summed E-state index contributed by atoms with van der Waals surface area (Å²) in [7, 11) is 0. The summed E-state index contributed by atoms with van der Waals surface area (Å²) in [6.07, 6.45) is 3.59. The molecule has 7 nitrogen and oxygen atoms in total. The molecule has 1 spiro atoms. The maximum Gasteiger partial charge on any atom is 0.261 e. The van der Waals surface area contributed by atoms with Crippen LogP contribution in [0.25, 0.3) is 0 Å². The standard InChI is InChI=1S/C30H34N2O5/c1-17-7-10-23(33)26-25(17)29-13-14-31(16-19-8-9-19)18(2)30(29,36)12-11-22(27(29)37-26)32-24(34)15-20-5-3-4-6-21(20)28(32)35/h3-7,10,18-19,22,27,33,36H,8-9,11-16H2,1-2H3/t18-,22-,27+,29+,30-/m1/s1. The van der Waals surface area contributed by atoms with Crippen LogP contribution < -0.4 is 4.74 Å². The molecule has 1 saturated heterocycles. The van der Waals surface area contributed by atoms with Crippen LogP contribution in [0.4, 0.5) is 0 Å². The van der Waals surface area contributed by atoms with E-state index in [1.54, 1.807) is 12.1 Å². The second-order valence-electron chi connectivity index (χ2n) is 11.9. The summed E-state index contributed by atoms with van der Waals surface area (Å²) in [5, 5.41) is 23.6. The van der Waals surface area contributed by atoms with Crippen molar-refractivity contribution in [2.45, 2.75) is 81.6 Å². The highest BCUT2D eigenvalue weighted by Gasteiger charge is 2.71. The first kappa shape index (κ1) is 23.2. The number of hydrogen-bond acceptors (Lipinski definition) is 6. The van der Waals surface area contributed by atoms with Gasteiger partial charge < -0.3 is 14.9 Å². The smallest absolute Gasteiger partial charge is 0.261 e. The average Bonchev–Trinajstić information content (AvgIpc) is 3.62. The number of benzene rings is 2. The second kappa shape index (κ2) is 7.81. The minimum atomic E-state index is -1.12. The summed E-state index contributed by atoms with van der Waals surface area (Å²) < 4.78 is 6.60. The van der Waals surface area contributed by atoms with Gasteiger partial charge >= 0.3 is 0 Å². The molecular formula is C30H34N2O5. The van der Waals surface area contributed by atoms with Gasteiger partial charge in [-0.3, -0.25) is 19.4 Å². The van der Waals surface area contributed by atoms with E-state index in [-0.39, 0.29) is 30.0 Å². The first-order valence-electron chi connectivity index (χ1n) is 13.7. The number of imide groups is 1. The molecule has 5 atom stereocenters. The van der Waals surface area contributed by atoms with Gasteiger partial charge in [0.15, 0.2) is 11.5 Å². The van der Waals surface area contributed by atoms with Gasteiger partial charge in [-0.1, -0.05) is 24.3 Å². The Morgan fingerprint density at radius 1 is 1.08 bits per heavy atom. The molecule has 2 amide bonds. The lowest BCUT2D eigenvalue weighted by atomic mass is 9.51. The van der Waals surface area contributed by atoms with Crippen LogP contribution in [-0.2, 0) is 16.6 Å². The number of amides is 2. The normalized spacial score (nSPS) is 34.9. The zero-order chi connectivity index (χ0) is 25.7. The van der Waals surface area contributed by atoms with Gasteiger partial charge in [-0.2, -0.15) is 0 Å². The lowest BCUT2D eigenvalue weighted by Gasteiger charge is -2.62. The van der Waals surface area contributed by atoms with Crippen molar-refractivity contribution in [3.05, 3.63) is 58.7 Å². The number of carbonyl (C=O) groups is 2. The number of likely N-dealkylation sites (tertiary alicyclic amines) is 1. The number of ether oxygens (including phenoxy) is 1. The number of rotatable bonds is 3. The van der Waals surface area contributed by atoms with Crippen molar-refractivity contribution in [3.63, 3.8) is 0 Å². The number of fused-ring (bicyclic) bond motifs is 2. The Morgan fingerprint density at radius 2 is 1.86 bits per heavy atom. The maximum absolute atomic E-state index is 13.7. The Labute approximate surface area is 217 Å². The largest absolute Gasteiger partial charge is 0.504 e. The summed E-state index contributed by atoms with van der Waals surface area (Å²) in [5.41, 5.74) is 1.16. The van der Waals surface area contributed by atoms with Crippen LogP contribution in [-0.4, -0.2) is 68.7 Å². The van der Waals surface area contributed by atoms with Gasteiger partial charge in [0.1, 0.15) is 6.10 Å². The van der Waals surface area contributed by atoms with Gasteiger partial charge in [-0.25, -0.2) is 0 Å². The minimum Gasteiger partial charge on any atom is -0.504 e. The number of hydrogen-bond donors (Lipinski definition) is 2. The van der Waals surface area contributed by atoms with Crippen LogP contribution in [0.5, 0.6) is 11.5 Å². The van der Waals surface area contributed by atoms with E-state index in [1.165, 1.54) is 17.7 Å². The van der Waals surface area contributed by atoms with Gasteiger partial charge in [0.05, 0.1) is 23.5 Å². The fraction of sp³-hybridized carbons (Fsp3) is 0.533. The van der Waals surface area contributed by atoms with Crippen LogP contribution in [0.3, 0.4) is 0 Å². The van der Waals surface area contributed by atoms with E-state index in [2.05, 4.69) is 11.8 Å². The van der Waals surface area contributed by atoms with Crippen molar-refractivity contribution in [1.82, 2.24) is 9.80 Å². The molecule has 3 fully saturated rings. The molecule has 2 N–H and O–H groups in total. The van der Waals surface area contributed by atoms with Crippen molar-refractivity contribution in [3.8, 4) is 11.5 Å².